The van der Waals surface area contributed by atoms with Crippen LogP contribution in [0.25, 0.3) is 0 Å². The van der Waals surface area contributed by atoms with E-state index in [0.29, 0.717) is 22.6 Å². The number of anilines is 1. The normalized spacial score (nSPS) is 25.6. The van der Waals surface area contributed by atoms with Gasteiger partial charge in [0, 0.05) is 10.4 Å². The van der Waals surface area contributed by atoms with Crippen molar-refractivity contribution in [2.24, 2.45) is 17.8 Å². The van der Waals surface area contributed by atoms with Gasteiger partial charge in [0.25, 0.3) is 5.91 Å². The number of halogens is 3. The maximum atomic E-state index is 13.2. The van der Waals surface area contributed by atoms with Crippen LogP contribution in [0.2, 0.25) is 0 Å². The molecule has 2 aromatic rings. The first-order valence-electron chi connectivity index (χ1n) is 12.8. The predicted molar refractivity (Wildman–Crippen MR) is 137 cm³/mol. The summed E-state index contributed by atoms with van der Waals surface area (Å²) in [5.41, 5.74) is -1.32. The molecule has 202 valence electrons. The lowest BCUT2D eigenvalue weighted by atomic mass is 9.53. The summed E-state index contributed by atoms with van der Waals surface area (Å²) in [7, 11) is 0. The first-order valence-corrected chi connectivity index (χ1v) is 13.7. The molecule has 0 aliphatic heterocycles. The van der Waals surface area contributed by atoms with Crippen molar-refractivity contribution in [3.63, 3.8) is 0 Å². The Kier molecular flexibility index (Phi) is 7.44. The van der Waals surface area contributed by atoms with Crippen molar-refractivity contribution in [3.8, 4) is 0 Å². The highest BCUT2D eigenvalue weighted by atomic mass is 32.2. The number of rotatable bonds is 8. The number of amides is 2. The van der Waals surface area contributed by atoms with Gasteiger partial charge in [0.1, 0.15) is 0 Å². The second kappa shape index (κ2) is 10.6. The van der Waals surface area contributed by atoms with Gasteiger partial charge in [-0.2, -0.15) is 13.2 Å². The van der Waals surface area contributed by atoms with Gasteiger partial charge in [0.15, 0.2) is 6.61 Å². The molecular weight excluding hydrogens is 517 g/mol. The Morgan fingerprint density at radius 3 is 2.16 bits per heavy atom. The average molecular weight is 547 g/mol. The Balaban J connectivity index is 1.15. The van der Waals surface area contributed by atoms with E-state index in [1.54, 1.807) is 18.2 Å². The van der Waals surface area contributed by atoms with Crippen LogP contribution in [0.4, 0.5) is 18.9 Å². The molecule has 0 heterocycles. The molecular formula is C28H29F3N2O4S. The van der Waals surface area contributed by atoms with E-state index in [9.17, 15) is 27.6 Å². The van der Waals surface area contributed by atoms with E-state index in [2.05, 4.69) is 10.6 Å². The lowest BCUT2D eigenvalue weighted by molar-refractivity contribution is -0.137. The fourth-order valence-electron chi connectivity index (χ4n) is 6.73. The Bertz CT molecular complexity index is 1200. The van der Waals surface area contributed by atoms with Gasteiger partial charge in [0.2, 0.25) is 5.91 Å². The van der Waals surface area contributed by atoms with E-state index < -0.39 is 35.9 Å². The monoisotopic (exact) mass is 546 g/mol. The molecule has 0 radical (unpaired) electrons. The third-order valence-corrected chi connectivity index (χ3v) is 8.82. The van der Waals surface area contributed by atoms with E-state index in [0.717, 1.165) is 31.4 Å². The quantitative estimate of drug-likeness (QED) is 0.329. The number of hydrogen-bond donors (Lipinski definition) is 2. The first-order chi connectivity index (χ1) is 18.1. The molecule has 2 N–H and O–H groups in total. The minimum absolute atomic E-state index is 0.0668. The number of alkyl halides is 3. The Morgan fingerprint density at radius 2 is 1.50 bits per heavy atom. The molecule has 4 fully saturated rings. The lowest BCUT2D eigenvalue weighted by Crippen LogP contribution is -2.60. The molecule has 0 unspecified atom stereocenters. The molecule has 0 aromatic heterocycles. The van der Waals surface area contributed by atoms with Crippen molar-refractivity contribution in [1.29, 1.82) is 0 Å². The molecule has 10 heteroatoms. The van der Waals surface area contributed by atoms with Crippen molar-refractivity contribution < 1.29 is 32.3 Å². The van der Waals surface area contributed by atoms with Gasteiger partial charge in [-0.05, 0) is 80.5 Å². The third-order valence-electron chi connectivity index (χ3n) is 7.75. The summed E-state index contributed by atoms with van der Waals surface area (Å²) in [5, 5.41) is 5.46. The highest BCUT2D eigenvalue weighted by molar-refractivity contribution is 8.00. The van der Waals surface area contributed by atoms with Crippen LogP contribution >= 0.6 is 11.8 Å². The van der Waals surface area contributed by atoms with Crippen LogP contribution in [0.1, 0.15) is 54.4 Å². The standard InChI is InChI=1S/C28H29F3N2O4S/c29-28(30,31)21-6-2-3-7-22(21)32-24(34)15-37-26(36)20-5-1-4-8-23(20)38-16-25(35)33-27-12-17-9-18(13-27)11-19(10-17)14-27/h1-8,17-19H,9-16H2,(H,32,34)(H,33,35). The molecule has 2 aromatic carbocycles. The maximum Gasteiger partial charge on any atom is 0.418 e. The van der Waals surface area contributed by atoms with Crippen LogP contribution in [0.5, 0.6) is 0 Å². The number of thioether (sulfide) groups is 1. The van der Waals surface area contributed by atoms with Gasteiger partial charge in [-0.3, -0.25) is 9.59 Å². The molecule has 6 rings (SSSR count). The van der Waals surface area contributed by atoms with Crippen LogP contribution in [-0.2, 0) is 20.5 Å². The average Bonchev–Trinajstić information content (AvgIpc) is 2.85. The molecule has 0 spiro atoms. The SMILES string of the molecule is O=C(COC(=O)c1ccccc1SCC(=O)NC12CC3CC(CC(C3)C1)C2)Nc1ccccc1C(F)(F)F. The summed E-state index contributed by atoms with van der Waals surface area (Å²) in [6.07, 6.45) is 2.36. The summed E-state index contributed by atoms with van der Waals surface area (Å²) < 4.78 is 44.5. The number of carbonyl (C=O) groups excluding carboxylic acids is 3. The second-order valence-electron chi connectivity index (χ2n) is 10.7. The summed E-state index contributed by atoms with van der Waals surface area (Å²) >= 11 is 1.22. The largest absolute Gasteiger partial charge is 0.452 e. The van der Waals surface area contributed by atoms with Crippen LogP contribution in [0, 0.1) is 17.8 Å². The van der Waals surface area contributed by atoms with Crippen molar-refractivity contribution in [1.82, 2.24) is 5.32 Å². The highest BCUT2D eigenvalue weighted by Crippen LogP contribution is 2.55. The fraction of sp³-hybridized carbons (Fsp3) is 0.464. The van der Waals surface area contributed by atoms with Gasteiger partial charge in [-0.25, -0.2) is 4.79 Å². The van der Waals surface area contributed by atoms with Gasteiger partial charge in [-0.15, -0.1) is 11.8 Å². The molecule has 4 saturated carbocycles. The number of ether oxygens (including phenoxy) is 1. The van der Waals surface area contributed by atoms with Gasteiger partial charge in [0.05, 0.1) is 22.6 Å². The van der Waals surface area contributed by atoms with E-state index in [4.69, 9.17) is 4.74 Å². The third kappa shape index (κ3) is 6.00. The van der Waals surface area contributed by atoms with Crippen LogP contribution < -0.4 is 10.6 Å². The summed E-state index contributed by atoms with van der Waals surface area (Å²) in [6.45, 7) is -0.753. The zero-order chi connectivity index (χ0) is 26.9. The Hall–Kier alpha value is -3.01. The molecule has 2 amide bonds. The predicted octanol–water partition coefficient (Wildman–Crippen LogP) is 5.68. The summed E-state index contributed by atoms with van der Waals surface area (Å²) in [5.74, 6) is 0.518. The van der Waals surface area contributed by atoms with Crippen molar-refractivity contribution in [2.75, 3.05) is 17.7 Å². The van der Waals surface area contributed by atoms with Gasteiger partial charge < -0.3 is 15.4 Å². The van der Waals surface area contributed by atoms with Crippen LogP contribution in [-0.4, -0.2) is 35.7 Å². The molecule has 6 nitrogen and oxygen atoms in total. The van der Waals surface area contributed by atoms with Crippen LogP contribution in [0.15, 0.2) is 53.4 Å². The number of benzene rings is 2. The molecule has 38 heavy (non-hydrogen) atoms. The van der Waals surface area contributed by atoms with Crippen molar-refractivity contribution in [2.45, 2.75) is 55.1 Å². The summed E-state index contributed by atoms with van der Waals surface area (Å²) in [4.78, 5) is 38.3. The molecule has 4 bridgehead atoms. The number of nitrogens with one attached hydrogen (secondary N) is 2. The molecule has 4 aliphatic rings. The zero-order valence-electron chi connectivity index (χ0n) is 20.7. The van der Waals surface area contributed by atoms with Gasteiger partial charge >= 0.3 is 12.1 Å². The topological polar surface area (TPSA) is 84.5 Å². The van der Waals surface area contributed by atoms with Gasteiger partial charge in [-0.1, -0.05) is 24.3 Å². The summed E-state index contributed by atoms with van der Waals surface area (Å²) in [6, 6.07) is 11.2. The van der Waals surface area contributed by atoms with Crippen molar-refractivity contribution in [3.05, 3.63) is 59.7 Å². The number of carbonyl (C=O) groups is 3. The second-order valence-corrected chi connectivity index (χ2v) is 11.7. The Labute approximate surface area is 223 Å². The van der Waals surface area contributed by atoms with E-state index in [1.165, 1.54) is 49.2 Å². The first kappa shape index (κ1) is 26.6. The van der Waals surface area contributed by atoms with E-state index in [1.807, 2.05) is 0 Å². The molecule has 0 saturated heterocycles. The van der Waals surface area contributed by atoms with Crippen LogP contribution in [0.3, 0.4) is 0 Å². The number of hydrogen-bond acceptors (Lipinski definition) is 5. The zero-order valence-corrected chi connectivity index (χ0v) is 21.5. The number of esters is 1. The van der Waals surface area contributed by atoms with Crippen molar-refractivity contribution >= 4 is 35.2 Å². The highest BCUT2D eigenvalue weighted by Gasteiger charge is 2.51. The minimum atomic E-state index is -4.64. The molecule has 0 atom stereocenters. The smallest absolute Gasteiger partial charge is 0.418 e. The minimum Gasteiger partial charge on any atom is -0.452 e. The Morgan fingerprint density at radius 1 is 0.895 bits per heavy atom. The fourth-order valence-corrected chi connectivity index (χ4v) is 7.57. The molecule has 4 aliphatic carbocycles. The maximum absolute atomic E-state index is 13.2. The number of para-hydroxylation sites is 1. The van der Waals surface area contributed by atoms with E-state index in [-0.39, 0.29) is 22.8 Å². The lowest BCUT2D eigenvalue weighted by Gasteiger charge is -2.56. The van der Waals surface area contributed by atoms with E-state index >= 15 is 0 Å².